The van der Waals surface area contributed by atoms with Crippen molar-refractivity contribution in [3.05, 3.63) is 70.7 Å². The van der Waals surface area contributed by atoms with Crippen LogP contribution in [0.4, 0.5) is 0 Å². The van der Waals surface area contributed by atoms with E-state index in [2.05, 4.69) is 6.07 Å². The van der Waals surface area contributed by atoms with E-state index < -0.39 is 11.6 Å². The summed E-state index contributed by atoms with van der Waals surface area (Å²) in [6.07, 6.45) is 0.0797. The topological polar surface area (TPSA) is 50.1 Å². The van der Waals surface area contributed by atoms with Crippen LogP contribution in [0.2, 0.25) is 5.02 Å². The molecule has 106 valence electrons. The molecule has 3 nitrogen and oxygen atoms in total. The van der Waals surface area contributed by atoms with Gasteiger partial charge >= 0.3 is 5.97 Å². The van der Waals surface area contributed by atoms with Crippen molar-refractivity contribution in [2.24, 2.45) is 0 Å². The second-order valence-corrected chi connectivity index (χ2v) is 5.26. The molecule has 0 saturated carbocycles. The van der Waals surface area contributed by atoms with Crippen molar-refractivity contribution in [3.8, 4) is 6.07 Å². The number of carbonyl (C=O) groups excluding carboxylic acids is 1. The standard InChI is InChI=1S/C17H14ClNO2/c1-17(11-12-19,14-5-3-2-4-6-14)21-16(20)13-7-9-15(18)10-8-13/h2-10H,11H2,1H3. The summed E-state index contributed by atoms with van der Waals surface area (Å²) in [5.41, 5.74) is 0.209. The summed E-state index contributed by atoms with van der Waals surface area (Å²) < 4.78 is 5.59. The lowest BCUT2D eigenvalue weighted by Gasteiger charge is -2.27. The molecule has 1 atom stereocenters. The molecule has 0 spiro atoms. The highest BCUT2D eigenvalue weighted by molar-refractivity contribution is 6.30. The lowest BCUT2D eigenvalue weighted by atomic mass is 9.92. The van der Waals surface area contributed by atoms with Crippen molar-refractivity contribution in [2.75, 3.05) is 0 Å². The zero-order valence-corrected chi connectivity index (χ0v) is 12.3. The molecule has 0 bridgehead atoms. The third-order valence-electron chi connectivity index (χ3n) is 3.20. The molecule has 0 radical (unpaired) electrons. The largest absolute Gasteiger partial charge is 0.450 e. The highest BCUT2D eigenvalue weighted by Crippen LogP contribution is 2.30. The average Bonchev–Trinajstić information content (AvgIpc) is 2.49. The highest BCUT2D eigenvalue weighted by Gasteiger charge is 2.31. The number of rotatable bonds is 4. The van der Waals surface area contributed by atoms with Gasteiger partial charge in [0.25, 0.3) is 0 Å². The maximum Gasteiger partial charge on any atom is 0.339 e. The van der Waals surface area contributed by atoms with Crippen LogP contribution >= 0.6 is 11.6 Å². The molecular formula is C17H14ClNO2. The van der Waals surface area contributed by atoms with E-state index >= 15 is 0 Å². The van der Waals surface area contributed by atoms with Crippen LogP contribution in [0.25, 0.3) is 0 Å². The first kappa shape index (κ1) is 15.1. The first-order chi connectivity index (χ1) is 10.0. The first-order valence-corrected chi connectivity index (χ1v) is 6.84. The van der Waals surface area contributed by atoms with Gasteiger partial charge in [0.05, 0.1) is 18.1 Å². The molecule has 0 aliphatic rings. The Bertz CT molecular complexity index is 661. The minimum atomic E-state index is -0.979. The molecule has 0 aliphatic heterocycles. The molecule has 4 heteroatoms. The van der Waals surface area contributed by atoms with Crippen LogP contribution in [-0.4, -0.2) is 5.97 Å². The Kier molecular flexibility index (Phi) is 4.62. The number of hydrogen-bond acceptors (Lipinski definition) is 3. The van der Waals surface area contributed by atoms with Crippen molar-refractivity contribution in [2.45, 2.75) is 18.9 Å². The summed E-state index contributed by atoms with van der Waals surface area (Å²) in [5.74, 6) is -0.478. The maximum atomic E-state index is 12.2. The van der Waals surface area contributed by atoms with E-state index in [-0.39, 0.29) is 6.42 Å². The maximum absolute atomic E-state index is 12.2. The Hall–Kier alpha value is -2.31. The Morgan fingerprint density at radius 2 is 1.81 bits per heavy atom. The van der Waals surface area contributed by atoms with Gasteiger partial charge in [-0.05, 0) is 36.8 Å². The number of esters is 1. The smallest absolute Gasteiger partial charge is 0.339 e. The monoisotopic (exact) mass is 299 g/mol. The van der Waals surface area contributed by atoms with Crippen LogP contribution in [0, 0.1) is 11.3 Å². The van der Waals surface area contributed by atoms with Crippen molar-refractivity contribution < 1.29 is 9.53 Å². The summed E-state index contributed by atoms with van der Waals surface area (Å²) in [4.78, 5) is 12.2. The molecule has 0 saturated heterocycles. The number of nitriles is 1. The molecular weight excluding hydrogens is 286 g/mol. The quantitative estimate of drug-likeness (QED) is 0.790. The highest BCUT2D eigenvalue weighted by atomic mass is 35.5. The van der Waals surface area contributed by atoms with E-state index in [4.69, 9.17) is 21.6 Å². The minimum absolute atomic E-state index is 0.0797. The lowest BCUT2D eigenvalue weighted by Crippen LogP contribution is -2.28. The Morgan fingerprint density at radius 1 is 1.19 bits per heavy atom. The van der Waals surface area contributed by atoms with Gasteiger partial charge in [-0.1, -0.05) is 41.9 Å². The van der Waals surface area contributed by atoms with Crippen LogP contribution in [0.5, 0.6) is 0 Å². The minimum Gasteiger partial charge on any atom is -0.450 e. The molecule has 0 aliphatic carbocycles. The van der Waals surface area contributed by atoms with Gasteiger partial charge in [-0.25, -0.2) is 4.79 Å². The number of benzene rings is 2. The first-order valence-electron chi connectivity index (χ1n) is 6.46. The van der Waals surface area contributed by atoms with Gasteiger partial charge in [-0.2, -0.15) is 5.26 Å². The van der Waals surface area contributed by atoms with Crippen molar-refractivity contribution in [3.63, 3.8) is 0 Å². The molecule has 0 N–H and O–H groups in total. The second kappa shape index (κ2) is 6.43. The van der Waals surface area contributed by atoms with Gasteiger partial charge in [0.1, 0.15) is 5.60 Å². The van der Waals surface area contributed by atoms with Gasteiger partial charge in [0.15, 0.2) is 0 Å². The molecule has 1 unspecified atom stereocenters. The zero-order valence-electron chi connectivity index (χ0n) is 11.5. The van der Waals surface area contributed by atoms with Crippen LogP contribution in [0.15, 0.2) is 54.6 Å². The third-order valence-corrected chi connectivity index (χ3v) is 3.45. The van der Waals surface area contributed by atoms with E-state index in [9.17, 15) is 4.79 Å². The number of ether oxygens (including phenoxy) is 1. The average molecular weight is 300 g/mol. The fourth-order valence-electron chi connectivity index (χ4n) is 1.99. The molecule has 2 rings (SSSR count). The fraction of sp³-hybridized carbons (Fsp3) is 0.176. The lowest BCUT2D eigenvalue weighted by molar-refractivity contribution is -0.00993. The molecule has 0 heterocycles. The molecule has 2 aromatic rings. The zero-order chi connectivity index (χ0) is 15.3. The summed E-state index contributed by atoms with van der Waals surface area (Å²) in [6.45, 7) is 1.74. The predicted molar refractivity (Wildman–Crippen MR) is 80.9 cm³/mol. The van der Waals surface area contributed by atoms with Crippen LogP contribution in [0.1, 0.15) is 29.3 Å². The van der Waals surface area contributed by atoms with Gasteiger partial charge in [-0.3, -0.25) is 0 Å². The van der Waals surface area contributed by atoms with E-state index in [0.717, 1.165) is 5.56 Å². The Labute approximate surface area is 128 Å². The van der Waals surface area contributed by atoms with Crippen molar-refractivity contribution in [1.82, 2.24) is 0 Å². The fourth-order valence-corrected chi connectivity index (χ4v) is 2.11. The van der Waals surface area contributed by atoms with Crippen LogP contribution in [-0.2, 0) is 10.3 Å². The molecule has 0 amide bonds. The van der Waals surface area contributed by atoms with Gasteiger partial charge in [0.2, 0.25) is 0 Å². The van der Waals surface area contributed by atoms with Crippen molar-refractivity contribution >= 4 is 17.6 Å². The summed E-state index contributed by atoms with van der Waals surface area (Å²) in [5, 5.41) is 9.57. The summed E-state index contributed by atoms with van der Waals surface area (Å²) >= 11 is 5.80. The number of nitrogens with zero attached hydrogens (tertiary/aromatic N) is 1. The second-order valence-electron chi connectivity index (χ2n) is 4.83. The van der Waals surface area contributed by atoms with Gasteiger partial charge < -0.3 is 4.74 Å². The van der Waals surface area contributed by atoms with Crippen LogP contribution < -0.4 is 0 Å². The number of hydrogen-bond donors (Lipinski definition) is 0. The summed E-state index contributed by atoms with van der Waals surface area (Å²) in [7, 11) is 0. The van der Waals surface area contributed by atoms with Gasteiger partial charge in [-0.15, -0.1) is 0 Å². The van der Waals surface area contributed by atoms with Gasteiger partial charge in [0, 0.05) is 5.02 Å². The van der Waals surface area contributed by atoms with E-state index in [1.54, 1.807) is 31.2 Å². The van der Waals surface area contributed by atoms with E-state index in [0.29, 0.717) is 10.6 Å². The molecule has 2 aromatic carbocycles. The van der Waals surface area contributed by atoms with E-state index in [1.807, 2.05) is 30.3 Å². The van der Waals surface area contributed by atoms with Crippen LogP contribution in [0.3, 0.4) is 0 Å². The Balaban J connectivity index is 2.26. The molecule has 0 aromatic heterocycles. The third kappa shape index (κ3) is 3.62. The normalized spacial score (nSPS) is 13.0. The Morgan fingerprint density at radius 3 is 2.38 bits per heavy atom. The SMILES string of the molecule is CC(CC#N)(OC(=O)c1ccc(Cl)cc1)c1ccccc1. The predicted octanol–water partition coefficient (Wildman–Crippen LogP) is 4.33. The number of carbonyl (C=O) groups is 1. The molecule has 0 fully saturated rings. The summed E-state index contributed by atoms with van der Waals surface area (Å²) in [6, 6.07) is 17.8. The van der Waals surface area contributed by atoms with E-state index in [1.165, 1.54) is 0 Å². The molecule has 21 heavy (non-hydrogen) atoms. The van der Waals surface area contributed by atoms with Crippen molar-refractivity contribution in [1.29, 1.82) is 5.26 Å². The number of halogens is 1.